The SMILES string of the molecule is COc1ccc(C2COc3cc(OC)ccc3C2O)cc1. The van der Waals surface area contributed by atoms with Gasteiger partial charge in [0.2, 0.25) is 0 Å². The summed E-state index contributed by atoms with van der Waals surface area (Å²) in [5, 5.41) is 10.6. The first-order valence-corrected chi connectivity index (χ1v) is 6.85. The van der Waals surface area contributed by atoms with E-state index < -0.39 is 6.10 Å². The number of ether oxygens (including phenoxy) is 3. The van der Waals surface area contributed by atoms with Crippen LogP contribution < -0.4 is 14.2 Å². The molecule has 110 valence electrons. The summed E-state index contributed by atoms with van der Waals surface area (Å²) in [5.41, 5.74) is 1.83. The van der Waals surface area contributed by atoms with Crippen LogP contribution in [0.5, 0.6) is 17.2 Å². The van der Waals surface area contributed by atoms with Crippen LogP contribution in [0.4, 0.5) is 0 Å². The van der Waals surface area contributed by atoms with Crippen LogP contribution in [0, 0.1) is 0 Å². The Balaban J connectivity index is 1.88. The van der Waals surface area contributed by atoms with E-state index in [0.29, 0.717) is 12.4 Å². The fraction of sp³-hybridized carbons (Fsp3) is 0.294. The summed E-state index contributed by atoms with van der Waals surface area (Å²) in [6.07, 6.45) is -0.590. The van der Waals surface area contributed by atoms with Gasteiger partial charge >= 0.3 is 0 Å². The second-order valence-electron chi connectivity index (χ2n) is 5.04. The molecule has 1 N–H and O–H groups in total. The van der Waals surface area contributed by atoms with Crippen LogP contribution in [0.3, 0.4) is 0 Å². The van der Waals surface area contributed by atoms with Crippen molar-refractivity contribution in [3.05, 3.63) is 53.6 Å². The molecule has 21 heavy (non-hydrogen) atoms. The van der Waals surface area contributed by atoms with E-state index in [1.54, 1.807) is 14.2 Å². The first kappa shape index (κ1) is 13.8. The molecule has 0 saturated carbocycles. The summed E-state index contributed by atoms with van der Waals surface area (Å²) < 4.78 is 16.1. The van der Waals surface area contributed by atoms with Crippen LogP contribution >= 0.6 is 0 Å². The molecule has 4 heteroatoms. The smallest absolute Gasteiger partial charge is 0.128 e. The molecule has 0 saturated heterocycles. The summed E-state index contributed by atoms with van der Waals surface area (Å²) in [6.45, 7) is 0.438. The maximum absolute atomic E-state index is 10.6. The minimum Gasteiger partial charge on any atom is -0.497 e. The van der Waals surface area contributed by atoms with Crippen LogP contribution in [-0.4, -0.2) is 25.9 Å². The summed E-state index contributed by atoms with van der Waals surface area (Å²) in [7, 11) is 3.25. The Labute approximate surface area is 123 Å². The lowest BCUT2D eigenvalue weighted by atomic mass is 9.87. The number of hydrogen-bond acceptors (Lipinski definition) is 4. The van der Waals surface area contributed by atoms with Crippen molar-refractivity contribution < 1.29 is 19.3 Å². The maximum Gasteiger partial charge on any atom is 0.128 e. The van der Waals surface area contributed by atoms with Crippen molar-refractivity contribution in [2.75, 3.05) is 20.8 Å². The van der Waals surface area contributed by atoms with E-state index in [4.69, 9.17) is 14.2 Å². The molecule has 2 unspecified atom stereocenters. The molecular formula is C17H18O4. The quantitative estimate of drug-likeness (QED) is 0.942. The minimum atomic E-state index is -0.590. The van der Waals surface area contributed by atoms with Crippen molar-refractivity contribution in [1.82, 2.24) is 0 Å². The number of fused-ring (bicyclic) bond motifs is 1. The summed E-state index contributed by atoms with van der Waals surface area (Å²) >= 11 is 0. The van der Waals surface area contributed by atoms with Crippen LogP contribution in [0.25, 0.3) is 0 Å². The highest BCUT2D eigenvalue weighted by Gasteiger charge is 2.30. The monoisotopic (exact) mass is 286 g/mol. The summed E-state index contributed by atoms with van der Waals surface area (Å²) in [6, 6.07) is 13.2. The van der Waals surface area contributed by atoms with Gasteiger partial charge in [0.15, 0.2) is 0 Å². The third-order valence-electron chi connectivity index (χ3n) is 3.88. The van der Waals surface area contributed by atoms with Gasteiger partial charge in [-0.15, -0.1) is 0 Å². The van der Waals surface area contributed by atoms with E-state index in [-0.39, 0.29) is 5.92 Å². The van der Waals surface area contributed by atoms with Crippen molar-refractivity contribution in [1.29, 1.82) is 0 Å². The fourth-order valence-corrected chi connectivity index (χ4v) is 2.63. The van der Waals surface area contributed by atoms with Crippen LogP contribution in [0.15, 0.2) is 42.5 Å². The Hall–Kier alpha value is -2.20. The zero-order chi connectivity index (χ0) is 14.8. The molecule has 2 aromatic carbocycles. The highest BCUT2D eigenvalue weighted by molar-refractivity contribution is 5.45. The number of aliphatic hydroxyl groups is 1. The predicted molar refractivity (Wildman–Crippen MR) is 79.2 cm³/mol. The lowest BCUT2D eigenvalue weighted by Gasteiger charge is -2.30. The van der Waals surface area contributed by atoms with Gasteiger partial charge in [0.1, 0.15) is 17.2 Å². The van der Waals surface area contributed by atoms with Gasteiger partial charge in [-0.3, -0.25) is 0 Å². The molecule has 2 aromatic rings. The molecule has 0 radical (unpaired) electrons. The number of aliphatic hydroxyl groups excluding tert-OH is 1. The number of hydrogen-bond donors (Lipinski definition) is 1. The zero-order valence-electron chi connectivity index (χ0n) is 12.1. The second kappa shape index (κ2) is 5.66. The van der Waals surface area contributed by atoms with Crippen molar-refractivity contribution in [2.45, 2.75) is 12.0 Å². The van der Waals surface area contributed by atoms with E-state index in [9.17, 15) is 5.11 Å². The van der Waals surface area contributed by atoms with Gasteiger partial charge in [-0.25, -0.2) is 0 Å². The van der Waals surface area contributed by atoms with Crippen molar-refractivity contribution in [2.24, 2.45) is 0 Å². The lowest BCUT2D eigenvalue weighted by Crippen LogP contribution is -2.24. The molecule has 1 aliphatic heterocycles. The molecule has 0 aromatic heterocycles. The van der Waals surface area contributed by atoms with E-state index in [0.717, 1.165) is 22.6 Å². The molecule has 0 bridgehead atoms. The molecule has 4 nitrogen and oxygen atoms in total. The summed E-state index contributed by atoms with van der Waals surface area (Å²) in [4.78, 5) is 0. The van der Waals surface area contributed by atoms with E-state index >= 15 is 0 Å². The third kappa shape index (κ3) is 2.54. The molecule has 1 heterocycles. The lowest BCUT2D eigenvalue weighted by molar-refractivity contribution is 0.0887. The predicted octanol–water partition coefficient (Wildman–Crippen LogP) is 2.91. The standard InChI is InChI=1S/C17H18O4/c1-19-12-5-3-11(4-6-12)15-10-21-16-9-13(20-2)7-8-14(16)17(15)18/h3-9,15,17-18H,10H2,1-2H3. The van der Waals surface area contributed by atoms with E-state index in [2.05, 4.69) is 0 Å². The molecule has 1 aliphatic rings. The normalized spacial score (nSPS) is 20.3. The molecule has 2 atom stereocenters. The Morgan fingerprint density at radius 2 is 1.67 bits per heavy atom. The number of rotatable bonds is 3. The van der Waals surface area contributed by atoms with E-state index in [1.165, 1.54) is 0 Å². The molecule has 0 amide bonds. The van der Waals surface area contributed by atoms with Gasteiger partial charge in [-0.05, 0) is 29.8 Å². The Kier molecular flexibility index (Phi) is 3.71. The number of methoxy groups -OCH3 is 2. The van der Waals surface area contributed by atoms with Gasteiger partial charge in [-0.1, -0.05) is 12.1 Å². The highest BCUT2D eigenvalue weighted by atomic mass is 16.5. The Morgan fingerprint density at radius 1 is 1.00 bits per heavy atom. The first-order chi connectivity index (χ1) is 10.2. The maximum atomic E-state index is 10.6. The van der Waals surface area contributed by atoms with Crippen LogP contribution in [0.1, 0.15) is 23.1 Å². The van der Waals surface area contributed by atoms with Crippen molar-refractivity contribution in [3.8, 4) is 17.2 Å². The average molecular weight is 286 g/mol. The molecule has 3 rings (SSSR count). The van der Waals surface area contributed by atoms with Crippen LogP contribution in [-0.2, 0) is 0 Å². The summed E-state index contributed by atoms with van der Waals surface area (Å²) in [5.74, 6) is 2.13. The third-order valence-corrected chi connectivity index (χ3v) is 3.88. The molecular weight excluding hydrogens is 268 g/mol. The molecule has 0 fully saturated rings. The van der Waals surface area contributed by atoms with Gasteiger partial charge in [-0.2, -0.15) is 0 Å². The molecule has 0 aliphatic carbocycles. The van der Waals surface area contributed by atoms with Gasteiger partial charge in [0, 0.05) is 17.5 Å². The van der Waals surface area contributed by atoms with E-state index in [1.807, 2.05) is 42.5 Å². The topological polar surface area (TPSA) is 47.9 Å². The van der Waals surface area contributed by atoms with Crippen LogP contribution in [0.2, 0.25) is 0 Å². The number of benzene rings is 2. The highest BCUT2D eigenvalue weighted by Crippen LogP contribution is 2.42. The Bertz CT molecular complexity index is 621. The fourth-order valence-electron chi connectivity index (χ4n) is 2.63. The van der Waals surface area contributed by atoms with Gasteiger partial charge < -0.3 is 19.3 Å². The zero-order valence-corrected chi connectivity index (χ0v) is 12.1. The average Bonchev–Trinajstić information content (AvgIpc) is 2.55. The van der Waals surface area contributed by atoms with Gasteiger partial charge in [0.05, 0.1) is 26.9 Å². The van der Waals surface area contributed by atoms with Gasteiger partial charge in [0.25, 0.3) is 0 Å². The van der Waals surface area contributed by atoms with Crippen molar-refractivity contribution >= 4 is 0 Å². The minimum absolute atomic E-state index is 0.0863. The second-order valence-corrected chi connectivity index (χ2v) is 5.04. The Morgan fingerprint density at radius 3 is 2.33 bits per heavy atom. The molecule has 0 spiro atoms. The largest absolute Gasteiger partial charge is 0.497 e. The van der Waals surface area contributed by atoms with Crippen molar-refractivity contribution in [3.63, 3.8) is 0 Å². The first-order valence-electron chi connectivity index (χ1n) is 6.85.